The number of nitrogens with zero attached hydrogens (tertiary/aromatic N) is 2. The lowest BCUT2D eigenvalue weighted by molar-refractivity contribution is 0.00401. The monoisotopic (exact) mass is 360 g/mol. The summed E-state index contributed by atoms with van der Waals surface area (Å²) in [6.07, 6.45) is 6.94. The van der Waals surface area contributed by atoms with Gasteiger partial charge in [0.2, 0.25) is 0 Å². The number of urea groups is 1. The Morgan fingerprint density at radius 3 is 2.92 bits per heavy atom. The summed E-state index contributed by atoms with van der Waals surface area (Å²) in [5, 5.41) is 9.81. The molecule has 1 saturated heterocycles. The minimum Gasteiger partial charge on any atom is -0.493 e. The number of hydrogen-bond donors (Lipinski definition) is 2. The van der Waals surface area contributed by atoms with Crippen LogP contribution in [0.3, 0.4) is 0 Å². The maximum absolute atomic E-state index is 12.3. The Kier molecular flexibility index (Phi) is 5.96. The third-order valence-corrected chi connectivity index (χ3v) is 4.21. The molecule has 1 aromatic carbocycles. The molecule has 26 heavy (non-hydrogen) atoms. The summed E-state index contributed by atoms with van der Waals surface area (Å²) in [4.78, 5) is 12.3. The van der Waals surface area contributed by atoms with Gasteiger partial charge >= 0.3 is 6.03 Å². The van der Waals surface area contributed by atoms with Crippen LogP contribution in [0.4, 0.5) is 16.2 Å². The molecule has 0 bridgehead atoms. The predicted molar refractivity (Wildman–Crippen MR) is 98.0 cm³/mol. The van der Waals surface area contributed by atoms with Crippen molar-refractivity contribution in [3.63, 3.8) is 0 Å². The summed E-state index contributed by atoms with van der Waals surface area (Å²) in [6, 6.07) is 4.90. The highest BCUT2D eigenvalue weighted by Crippen LogP contribution is 2.34. The molecule has 0 radical (unpaired) electrons. The number of benzene rings is 1. The first-order valence-corrected chi connectivity index (χ1v) is 8.62. The molecule has 1 aliphatic heterocycles. The molecule has 0 saturated carbocycles. The minimum atomic E-state index is -0.384. The third-order valence-electron chi connectivity index (χ3n) is 4.21. The van der Waals surface area contributed by atoms with Gasteiger partial charge in [0, 0.05) is 12.8 Å². The molecule has 1 aromatic heterocycles. The summed E-state index contributed by atoms with van der Waals surface area (Å²) in [7, 11) is 3.07. The van der Waals surface area contributed by atoms with Crippen molar-refractivity contribution in [3.05, 3.63) is 30.6 Å². The Morgan fingerprint density at radius 2 is 2.19 bits per heavy atom. The normalized spacial score (nSPS) is 16.8. The Bertz CT molecular complexity index is 741. The molecule has 140 valence electrons. The average molecular weight is 360 g/mol. The van der Waals surface area contributed by atoms with Crippen molar-refractivity contribution in [2.75, 3.05) is 31.5 Å². The molecule has 2 amide bonds. The standard InChI is InChI=1S/C18H24N4O4/c1-24-16-8-5-7-15(17(16)25-2)21-18(23)20-13-10-19-22(11-13)12-14-6-3-4-9-26-14/h5,7-8,10-11,14H,3-4,6,9,12H2,1-2H3,(H2,20,21,23). The van der Waals surface area contributed by atoms with Gasteiger partial charge < -0.3 is 24.8 Å². The second kappa shape index (κ2) is 8.57. The van der Waals surface area contributed by atoms with Crippen molar-refractivity contribution in [1.29, 1.82) is 0 Å². The van der Waals surface area contributed by atoms with Crippen molar-refractivity contribution in [2.45, 2.75) is 31.9 Å². The SMILES string of the molecule is COc1cccc(NC(=O)Nc2cnn(CC3CCCCO3)c2)c1OC. The number of carbonyl (C=O) groups is 1. The van der Waals surface area contributed by atoms with E-state index in [1.807, 2.05) is 0 Å². The van der Waals surface area contributed by atoms with Crippen molar-refractivity contribution >= 4 is 17.4 Å². The van der Waals surface area contributed by atoms with E-state index in [0.29, 0.717) is 29.4 Å². The maximum Gasteiger partial charge on any atom is 0.323 e. The van der Waals surface area contributed by atoms with Crippen LogP contribution < -0.4 is 20.1 Å². The van der Waals surface area contributed by atoms with Crippen LogP contribution in [0.25, 0.3) is 0 Å². The molecule has 2 N–H and O–H groups in total. The summed E-state index contributed by atoms with van der Waals surface area (Å²) in [6.45, 7) is 1.49. The highest BCUT2D eigenvalue weighted by molar-refractivity contribution is 6.00. The molecule has 2 aromatic rings. The first-order chi connectivity index (χ1) is 12.7. The largest absolute Gasteiger partial charge is 0.493 e. The van der Waals surface area contributed by atoms with Crippen LogP contribution in [-0.2, 0) is 11.3 Å². The molecule has 1 fully saturated rings. The van der Waals surface area contributed by atoms with Gasteiger partial charge in [0.05, 0.1) is 44.4 Å². The van der Waals surface area contributed by atoms with E-state index < -0.39 is 0 Å². The number of ether oxygens (including phenoxy) is 3. The fourth-order valence-corrected chi connectivity index (χ4v) is 2.96. The Hall–Kier alpha value is -2.74. The van der Waals surface area contributed by atoms with Crippen molar-refractivity contribution in [3.8, 4) is 11.5 Å². The van der Waals surface area contributed by atoms with Crippen LogP contribution in [0.5, 0.6) is 11.5 Å². The minimum absolute atomic E-state index is 0.186. The van der Waals surface area contributed by atoms with E-state index in [-0.39, 0.29) is 12.1 Å². The molecule has 2 heterocycles. The van der Waals surface area contributed by atoms with Gasteiger partial charge in [-0.05, 0) is 31.4 Å². The smallest absolute Gasteiger partial charge is 0.323 e. The lowest BCUT2D eigenvalue weighted by Crippen LogP contribution is -2.24. The van der Waals surface area contributed by atoms with E-state index in [2.05, 4.69) is 15.7 Å². The molecule has 8 heteroatoms. The molecule has 8 nitrogen and oxygen atoms in total. The number of anilines is 2. The number of aromatic nitrogens is 2. The van der Waals surface area contributed by atoms with Crippen molar-refractivity contribution in [2.24, 2.45) is 0 Å². The topological polar surface area (TPSA) is 86.6 Å². The Balaban J connectivity index is 1.58. The number of methoxy groups -OCH3 is 2. The number of carbonyl (C=O) groups excluding carboxylic acids is 1. The van der Waals surface area contributed by atoms with E-state index in [4.69, 9.17) is 14.2 Å². The number of rotatable bonds is 6. The molecule has 0 aliphatic carbocycles. The molecule has 1 aliphatic rings. The first kappa shape index (κ1) is 18.1. The van der Waals surface area contributed by atoms with Crippen LogP contribution in [0.15, 0.2) is 30.6 Å². The van der Waals surface area contributed by atoms with Gasteiger partial charge in [-0.1, -0.05) is 6.07 Å². The van der Waals surface area contributed by atoms with E-state index in [1.165, 1.54) is 13.5 Å². The van der Waals surface area contributed by atoms with Gasteiger partial charge in [-0.15, -0.1) is 0 Å². The lowest BCUT2D eigenvalue weighted by atomic mass is 10.1. The van der Waals surface area contributed by atoms with Gasteiger partial charge in [-0.2, -0.15) is 5.10 Å². The summed E-state index contributed by atoms with van der Waals surface area (Å²) in [5.41, 5.74) is 1.13. The zero-order valence-electron chi connectivity index (χ0n) is 15.0. The second-order valence-electron chi connectivity index (χ2n) is 6.06. The molecule has 3 rings (SSSR count). The highest BCUT2D eigenvalue weighted by atomic mass is 16.5. The van der Waals surface area contributed by atoms with Crippen LogP contribution in [0.1, 0.15) is 19.3 Å². The van der Waals surface area contributed by atoms with E-state index in [0.717, 1.165) is 19.4 Å². The second-order valence-corrected chi connectivity index (χ2v) is 6.06. The Morgan fingerprint density at radius 1 is 1.31 bits per heavy atom. The van der Waals surface area contributed by atoms with Crippen LogP contribution >= 0.6 is 0 Å². The summed E-state index contributed by atoms with van der Waals surface area (Å²) >= 11 is 0. The number of hydrogen-bond acceptors (Lipinski definition) is 5. The van der Waals surface area contributed by atoms with Gasteiger partial charge in [-0.3, -0.25) is 4.68 Å². The fraction of sp³-hybridized carbons (Fsp3) is 0.444. The average Bonchev–Trinajstić information content (AvgIpc) is 3.08. The summed E-state index contributed by atoms with van der Waals surface area (Å²) in [5.74, 6) is 1.01. The van der Waals surface area contributed by atoms with Crippen LogP contribution in [0.2, 0.25) is 0 Å². The van der Waals surface area contributed by atoms with Crippen LogP contribution in [0, 0.1) is 0 Å². The molecule has 0 spiro atoms. The maximum atomic E-state index is 12.3. The zero-order chi connectivity index (χ0) is 18.4. The van der Waals surface area contributed by atoms with Gasteiger partial charge in [-0.25, -0.2) is 4.79 Å². The van der Waals surface area contributed by atoms with Crippen molar-refractivity contribution in [1.82, 2.24) is 9.78 Å². The zero-order valence-corrected chi connectivity index (χ0v) is 15.0. The Labute approximate surface area is 152 Å². The quantitative estimate of drug-likeness (QED) is 0.827. The number of amides is 2. The third kappa shape index (κ3) is 4.45. The number of nitrogens with one attached hydrogen (secondary N) is 2. The lowest BCUT2D eigenvalue weighted by Gasteiger charge is -2.22. The molecule has 1 atom stereocenters. The highest BCUT2D eigenvalue weighted by Gasteiger charge is 2.16. The van der Waals surface area contributed by atoms with Gasteiger partial charge in [0.15, 0.2) is 11.5 Å². The fourth-order valence-electron chi connectivity index (χ4n) is 2.96. The number of para-hydroxylation sites is 1. The van der Waals surface area contributed by atoms with E-state index in [1.54, 1.807) is 42.4 Å². The van der Waals surface area contributed by atoms with E-state index in [9.17, 15) is 4.79 Å². The summed E-state index contributed by atoms with van der Waals surface area (Å²) < 4.78 is 18.0. The van der Waals surface area contributed by atoms with Crippen molar-refractivity contribution < 1.29 is 19.0 Å². The molecular formula is C18H24N4O4. The van der Waals surface area contributed by atoms with E-state index >= 15 is 0 Å². The van der Waals surface area contributed by atoms with Crippen LogP contribution in [-0.4, -0.2) is 42.7 Å². The van der Waals surface area contributed by atoms with Gasteiger partial charge in [0.25, 0.3) is 0 Å². The predicted octanol–water partition coefficient (Wildman–Crippen LogP) is 3.11. The van der Waals surface area contributed by atoms with Gasteiger partial charge in [0.1, 0.15) is 0 Å². The first-order valence-electron chi connectivity index (χ1n) is 8.62. The molecular weight excluding hydrogens is 336 g/mol. The molecule has 1 unspecified atom stereocenters.